The fraction of sp³-hybridized carbons (Fsp3) is 0.353. The third-order valence-corrected chi connectivity index (χ3v) is 4.15. The number of anilines is 1. The van der Waals surface area contributed by atoms with Crippen LogP contribution in [0.15, 0.2) is 18.6 Å². The van der Waals surface area contributed by atoms with Gasteiger partial charge in [0.05, 0.1) is 18.5 Å². The number of aromatic nitrogens is 5. The van der Waals surface area contributed by atoms with E-state index in [4.69, 9.17) is 4.74 Å². The van der Waals surface area contributed by atoms with E-state index in [-0.39, 0.29) is 5.91 Å². The Morgan fingerprint density at radius 2 is 2.04 bits per heavy atom. The third kappa shape index (κ3) is 3.28. The number of carbonyl (C=O) groups excluding carboxylic acids is 1. The van der Waals surface area contributed by atoms with E-state index in [0.29, 0.717) is 30.1 Å². The molecule has 1 amide bonds. The number of fused-ring (bicyclic) bond motifs is 1. The van der Waals surface area contributed by atoms with E-state index in [9.17, 15) is 4.79 Å². The highest BCUT2D eigenvalue weighted by Gasteiger charge is 2.14. The molecule has 0 fully saturated rings. The van der Waals surface area contributed by atoms with E-state index in [1.54, 1.807) is 23.9 Å². The maximum atomic E-state index is 12.4. The van der Waals surface area contributed by atoms with Gasteiger partial charge in [-0.15, -0.1) is 0 Å². The highest BCUT2D eigenvalue weighted by atomic mass is 16.5. The van der Waals surface area contributed by atoms with Gasteiger partial charge in [0.15, 0.2) is 5.75 Å². The smallest absolute Gasteiger partial charge is 0.252 e. The second kappa shape index (κ2) is 6.84. The molecule has 25 heavy (non-hydrogen) atoms. The van der Waals surface area contributed by atoms with Gasteiger partial charge < -0.3 is 10.1 Å². The van der Waals surface area contributed by atoms with Crippen molar-refractivity contribution >= 4 is 17.4 Å². The van der Waals surface area contributed by atoms with E-state index in [1.807, 2.05) is 20.8 Å². The summed E-state index contributed by atoms with van der Waals surface area (Å²) in [5.74, 6) is 1.05. The zero-order valence-electron chi connectivity index (χ0n) is 14.7. The van der Waals surface area contributed by atoms with E-state index in [1.165, 1.54) is 6.33 Å². The van der Waals surface area contributed by atoms with Gasteiger partial charge in [-0.25, -0.2) is 9.50 Å². The zero-order valence-corrected chi connectivity index (χ0v) is 14.7. The first-order valence-corrected chi connectivity index (χ1v) is 7.96. The molecule has 0 aliphatic rings. The Morgan fingerprint density at radius 3 is 2.80 bits per heavy atom. The number of ether oxygens (including phenoxy) is 1. The van der Waals surface area contributed by atoms with Crippen LogP contribution in [0, 0.1) is 20.8 Å². The van der Waals surface area contributed by atoms with Crippen LogP contribution in [-0.4, -0.2) is 37.6 Å². The zero-order chi connectivity index (χ0) is 18.0. The van der Waals surface area contributed by atoms with E-state index >= 15 is 0 Å². The summed E-state index contributed by atoms with van der Waals surface area (Å²) in [4.78, 5) is 25.0. The van der Waals surface area contributed by atoms with Crippen LogP contribution < -0.4 is 10.1 Å². The Kier molecular flexibility index (Phi) is 4.60. The van der Waals surface area contributed by atoms with Gasteiger partial charge in [-0.05, 0) is 38.8 Å². The second-order valence-corrected chi connectivity index (χ2v) is 5.76. The number of nitrogens with zero attached hydrogens (tertiary/aromatic N) is 5. The van der Waals surface area contributed by atoms with Gasteiger partial charge in [0.25, 0.3) is 5.78 Å². The average molecular weight is 340 g/mol. The average Bonchev–Trinajstić information content (AvgIpc) is 3.03. The number of amides is 1. The first kappa shape index (κ1) is 16.8. The molecule has 0 saturated carbocycles. The highest BCUT2D eigenvalue weighted by molar-refractivity contribution is 5.92. The topological polar surface area (TPSA) is 94.3 Å². The number of methoxy groups -OCH3 is 1. The Hall–Kier alpha value is -3.03. The van der Waals surface area contributed by atoms with Crippen LogP contribution >= 0.6 is 0 Å². The first-order valence-electron chi connectivity index (χ1n) is 7.96. The molecular weight excluding hydrogens is 320 g/mol. The molecule has 0 aliphatic carbocycles. The fourth-order valence-corrected chi connectivity index (χ4v) is 2.88. The molecule has 0 aromatic carbocycles. The SMILES string of the molecule is COc1c(NC(=O)CCc2c(C)nc3ncnn3c2C)ccnc1C. The van der Waals surface area contributed by atoms with Gasteiger partial charge in [-0.3, -0.25) is 9.78 Å². The Labute approximate surface area is 145 Å². The minimum absolute atomic E-state index is 0.0959. The van der Waals surface area contributed by atoms with Gasteiger partial charge in [0.1, 0.15) is 6.33 Å². The van der Waals surface area contributed by atoms with Gasteiger partial charge in [-0.2, -0.15) is 10.1 Å². The molecule has 3 aromatic rings. The fourth-order valence-electron chi connectivity index (χ4n) is 2.88. The van der Waals surface area contributed by atoms with Crippen LogP contribution in [-0.2, 0) is 11.2 Å². The van der Waals surface area contributed by atoms with Crippen molar-refractivity contribution < 1.29 is 9.53 Å². The molecule has 1 N–H and O–H groups in total. The van der Waals surface area contributed by atoms with Crippen LogP contribution in [0.25, 0.3) is 5.78 Å². The third-order valence-electron chi connectivity index (χ3n) is 4.15. The van der Waals surface area contributed by atoms with Gasteiger partial charge in [-0.1, -0.05) is 0 Å². The minimum atomic E-state index is -0.0959. The van der Waals surface area contributed by atoms with Crippen LogP contribution in [0.5, 0.6) is 5.75 Å². The maximum absolute atomic E-state index is 12.4. The summed E-state index contributed by atoms with van der Waals surface area (Å²) in [6, 6.07) is 1.73. The quantitative estimate of drug-likeness (QED) is 0.764. The highest BCUT2D eigenvalue weighted by Crippen LogP contribution is 2.26. The lowest BCUT2D eigenvalue weighted by atomic mass is 10.1. The van der Waals surface area contributed by atoms with Crippen molar-refractivity contribution in [1.29, 1.82) is 0 Å². The van der Waals surface area contributed by atoms with Crippen LogP contribution in [0.3, 0.4) is 0 Å². The van der Waals surface area contributed by atoms with E-state index in [0.717, 1.165) is 22.6 Å². The predicted octanol–water partition coefficient (Wildman–Crippen LogP) is 2.02. The van der Waals surface area contributed by atoms with Crippen LogP contribution in [0.2, 0.25) is 0 Å². The Morgan fingerprint density at radius 1 is 1.24 bits per heavy atom. The Bertz CT molecular complexity index is 934. The van der Waals surface area contributed by atoms with Gasteiger partial charge in [0, 0.05) is 24.0 Å². The summed E-state index contributed by atoms with van der Waals surface area (Å²) in [5.41, 5.74) is 4.17. The largest absolute Gasteiger partial charge is 0.493 e. The molecule has 0 saturated heterocycles. The monoisotopic (exact) mass is 340 g/mol. The van der Waals surface area contributed by atoms with E-state index < -0.39 is 0 Å². The molecular formula is C17H20N6O2. The summed E-state index contributed by atoms with van der Waals surface area (Å²) in [5, 5.41) is 7.05. The number of hydrogen-bond donors (Lipinski definition) is 1. The van der Waals surface area contributed by atoms with Crippen molar-refractivity contribution in [3.8, 4) is 5.75 Å². The predicted molar refractivity (Wildman–Crippen MR) is 92.7 cm³/mol. The molecule has 3 rings (SSSR count). The number of hydrogen-bond acceptors (Lipinski definition) is 6. The first-order chi connectivity index (χ1) is 12.0. The molecule has 8 heteroatoms. The van der Waals surface area contributed by atoms with Crippen molar-refractivity contribution in [2.45, 2.75) is 33.6 Å². The van der Waals surface area contributed by atoms with Crippen molar-refractivity contribution in [2.24, 2.45) is 0 Å². The number of carbonyl (C=O) groups is 1. The van der Waals surface area contributed by atoms with Crippen molar-refractivity contribution in [3.63, 3.8) is 0 Å². The number of nitrogens with one attached hydrogen (secondary N) is 1. The van der Waals surface area contributed by atoms with Crippen LogP contribution in [0.4, 0.5) is 5.69 Å². The number of rotatable bonds is 5. The second-order valence-electron chi connectivity index (χ2n) is 5.76. The molecule has 0 radical (unpaired) electrons. The molecule has 0 unspecified atom stereocenters. The van der Waals surface area contributed by atoms with Crippen molar-refractivity contribution in [3.05, 3.63) is 41.2 Å². The lowest BCUT2D eigenvalue weighted by molar-refractivity contribution is -0.116. The molecule has 8 nitrogen and oxygen atoms in total. The standard InChI is InChI=1S/C17H20N6O2/c1-10-13(12(3)23-17(21-10)19-9-20-23)5-6-15(24)22-14-7-8-18-11(2)16(14)25-4/h7-9H,5-6H2,1-4H3,(H,18,22,24). The molecule has 130 valence electrons. The molecule has 3 aromatic heterocycles. The molecule has 0 spiro atoms. The van der Waals surface area contributed by atoms with Gasteiger partial charge in [0.2, 0.25) is 5.91 Å². The van der Waals surface area contributed by atoms with Gasteiger partial charge >= 0.3 is 0 Å². The maximum Gasteiger partial charge on any atom is 0.252 e. The lowest BCUT2D eigenvalue weighted by Gasteiger charge is -2.13. The summed E-state index contributed by atoms with van der Waals surface area (Å²) >= 11 is 0. The summed E-state index contributed by atoms with van der Waals surface area (Å²) in [6.45, 7) is 5.71. The normalized spacial score (nSPS) is 10.9. The molecule has 0 aliphatic heterocycles. The lowest BCUT2D eigenvalue weighted by Crippen LogP contribution is -2.15. The summed E-state index contributed by atoms with van der Waals surface area (Å²) < 4.78 is 7.00. The number of pyridine rings is 1. The summed E-state index contributed by atoms with van der Waals surface area (Å²) in [6.07, 6.45) is 4.01. The van der Waals surface area contributed by atoms with Crippen molar-refractivity contribution in [1.82, 2.24) is 24.6 Å². The minimum Gasteiger partial charge on any atom is -0.493 e. The van der Waals surface area contributed by atoms with Crippen LogP contribution in [0.1, 0.15) is 29.1 Å². The van der Waals surface area contributed by atoms with Crippen molar-refractivity contribution in [2.75, 3.05) is 12.4 Å². The molecule has 0 bridgehead atoms. The molecule has 3 heterocycles. The molecule has 0 atom stereocenters. The Balaban J connectivity index is 1.74. The van der Waals surface area contributed by atoms with E-state index in [2.05, 4.69) is 25.4 Å². The summed E-state index contributed by atoms with van der Waals surface area (Å²) in [7, 11) is 1.56. The number of aryl methyl sites for hydroxylation is 3.